The largest absolute Gasteiger partial charge is 0.497 e. The first-order chi connectivity index (χ1) is 15.8. The number of carbonyl (C=O) groups is 1. The molecule has 0 bridgehead atoms. The number of para-hydroxylation sites is 1. The van der Waals surface area contributed by atoms with Crippen LogP contribution < -0.4 is 15.5 Å². The number of carbonyl (C=O) groups excluding carboxylic acids is 1. The van der Waals surface area contributed by atoms with Gasteiger partial charge in [0.2, 0.25) is 21.2 Å². The van der Waals surface area contributed by atoms with Crippen molar-refractivity contribution in [3.05, 3.63) is 94.8 Å². The van der Waals surface area contributed by atoms with Crippen molar-refractivity contribution in [1.82, 2.24) is 4.57 Å². The van der Waals surface area contributed by atoms with Gasteiger partial charge in [0.1, 0.15) is 17.2 Å². The molecule has 0 spiro atoms. The molecule has 1 aromatic heterocycles. The Morgan fingerprint density at radius 2 is 1.64 bits per heavy atom. The number of anilines is 1. The highest BCUT2D eigenvalue weighted by Crippen LogP contribution is 2.22. The SMILES string of the molecule is COc1ccc(NC(=O)Cn2cc(S(=O)(=O)c3ccc(C)cc3)c(=O)c3ccccc32)cc1. The maximum atomic E-state index is 13.3. The van der Waals surface area contributed by atoms with E-state index in [1.807, 2.05) is 6.92 Å². The number of nitrogens with zero attached hydrogens (tertiary/aromatic N) is 1. The Kier molecular flexibility index (Phi) is 6.02. The molecule has 0 fully saturated rings. The van der Waals surface area contributed by atoms with Crippen LogP contribution in [0.15, 0.2) is 93.6 Å². The number of benzene rings is 3. The summed E-state index contributed by atoms with van der Waals surface area (Å²) in [4.78, 5) is 25.5. The summed E-state index contributed by atoms with van der Waals surface area (Å²) in [5.41, 5.74) is 1.34. The summed E-state index contributed by atoms with van der Waals surface area (Å²) in [6.07, 6.45) is 1.24. The van der Waals surface area contributed by atoms with E-state index in [-0.39, 0.29) is 27.6 Å². The molecule has 0 aliphatic carbocycles. The highest BCUT2D eigenvalue weighted by Gasteiger charge is 2.24. The maximum absolute atomic E-state index is 13.3. The number of sulfone groups is 1. The molecule has 0 aliphatic heterocycles. The van der Waals surface area contributed by atoms with E-state index in [4.69, 9.17) is 4.74 Å². The smallest absolute Gasteiger partial charge is 0.244 e. The Bertz CT molecular complexity index is 1490. The summed E-state index contributed by atoms with van der Waals surface area (Å²) >= 11 is 0. The van der Waals surface area contributed by atoms with E-state index >= 15 is 0 Å². The molecule has 0 aliphatic rings. The lowest BCUT2D eigenvalue weighted by atomic mass is 10.2. The Morgan fingerprint density at radius 1 is 0.970 bits per heavy atom. The fraction of sp³-hybridized carbons (Fsp3) is 0.120. The maximum Gasteiger partial charge on any atom is 0.244 e. The molecule has 0 unspecified atom stereocenters. The summed E-state index contributed by atoms with van der Waals surface area (Å²) in [5.74, 6) is 0.290. The zero-order valence-electron chi connectivity index (χ0n) is 18.1. The number of aryl methyl sites for hydroxylation is 1. The van der Waals surface area contributed by atoms with Crippen LogP contribution in [-0.4, -0.2) is 26.0 Å². The van der Waals surface area contributed by atoms with Crippen LogP contribution in [0.1, 0.15) is 5.56 Å². The lowest BCUT2D eigenvalue weighted by molar-refractivity contribution is -0.116. The monoisotopic (exact) mass is 462 g/mol. The Morgan fingerprint density at radius 3 is 2.30 bits per heavy atom. The average molecular weight is 463 g/mol. The molecule has 1 heterocycles. The van der Waals surface area contributed by atoms with Gasteiger partial charge in [0.25, 0.3) is 0 Å². The van der Waals surface area contributed by atoms with Gasteiger partial charge in [-0.2, -0.15) is 0 Å². The first-order valence-electron chi connectivity index (χ1n) is 10.2. The molecular weight excluding hydrogens is 440 g/mol. The second-order valence-corrected chi connectivity index (χ2v) is 9.48. The topological polar surface area (TPSA) is 94.5 Å². The normalized spacial score (nSPS) is 11.3. The van der Waals surface area contributed by atoms with Gasteiger partial charge in [0.15, 0.2) is 0 Å². The van der Waals surface area contributed by atoms with Gasteiger partial charge >= 0.3 is 0 Å². The minimum atomic E-state index is -4.08. The van der Waals surface area contributed by atoms with Gasteiger partial charge in [-0.3, -0.25) is 9.59 Å². The van der Waals surface area contributed by atoms with Gasteiger partial charge in [-0.05, 0) is 55.5 Å². The molecule has 3 aromatic carbocycles. The van der Waals surface area contributed by atoms with Crippen LogP contribution in [0.5, 0.6) is 5.75 Å². The quantitative estimate of drug-likeness (QED) is 0.471. The molecule has 33 heavy (non-hydrogen) atoms. The van der Waals surface area contributed by atoms with Crippen LogP contribution in [-0.2, 0) is 21.2 Å². The summed E-state index contributed by atoms with van der Waals surface area (Å²) in [6.45, 7) is 1.67. The number of methoxy groups -OCH3 is 1. The van der Waals surface area contributed by atoms with Crippen LogP contribution in [0, 0.1) is 6.92 Å². The predicted molar refractivity (Wildman–Crippen MR) is 126 cm³/mol. The summed E-state index contributed by atoms with van der Waals surface area (Å²) in [7, 11) is -2.53. The van der Waals surface area contributed by atoms with Gasteiger partial charge in [0.05, 0.1) is 17.5 Å². The van der Waals surface area contributed by atoms with Crippen molar-refractivity contribution >= 4 is 32.3 Å². The van der Waals surface area contributed by atoms with Crippen molar-refractivity contribution in [3.63, 3.8) is 0 Å². The van der Waals surface area contributed by atoms with Gasteiger partial charge in [0, 0.05) is 17.3 Å². The zero-order chi connectivity index (χ0) is 23.6. The van der Waals surface area contributed by atoms with E-state index in [1.54, 1.807) is 67.8 Å². The Hall–Kier alpha value is -3.91. The summed E-state index contributed by atoms with van der Waals surface area (Å²) < 4.78 is 33.1. The number of hydrogen-bond acceptors (Lipinski definition) is 5. The van der Waals surface area contributed by atoms with Gasteiger partial charge in [-0.1, -0.05) is 29.8 Å². The number of pyridine rings is 1. The molecule has 0 saturated carbocycles. The van der Waals surface area contributed by atoms with Crippen molar-refractivity contribution < 1.29 is 17.9 Å². The van der Waals surface area contributed by atoms with Crippen molar-refractivity contribution in [2.75, 3.05) is 12.4 Å². The number of fused-ring (bicyclic) bond motifs is 1. The van der Waals surface area contributed by atoms with Crippen LogP contribution in [0.25, 0.3) is 10.9 Å². The van der Waals surface area contributed by atoms with E-state index in [1.165, 1.54) is 22.9 Å². The third kappa shape index (κ3) is 4.51. The summed E-state index contributed by atoms with van der Waals surface area (Å²) in [6, 6.07) is 19.8. The lowest BCUT2D eigenvalue weighted by Crippen LogP contribution is -2.23. The third-order valence-corrected chi connectivity index (χ3v) is 7.03. The number of amides is 1. The van der Waals surface area contributed by atoms with Crippen molar-refractivity contribution in [2.24, 2.45) is 0 Å². The van der Waals surface area contributed by atoms with E-state index in [0.717, 1.165) is 5.56 Å². The Balaban J connectivity index is 1.75. The molecular formula is C25H22N2O5S. The molecule has 168 valence electrons. The van der Waals surface area contributed by atoms with Crippen molar-refractivity contribution in [1.29, 1.82) is 0 Å². The van der Waals surface area contributed by atoms with Crippen LogP contribution in [0.2, 0.25) is 0 Å². The highest BCUT2D eigenvalue weighted by atomic mass is 32.2. The predicted octanol–water partition coefficient (Wildman–Crippen LogP) is 3.79. The first kappa shape index (κ1) is 22.3. The van der Waals surface area contributed by atoms with Crippen LogP contribution in [0.4, 0.5) is 5.69 Å². The second kappa shape index (κ2) is 8.91. The van der Waals surface area contributed by atoms with E-state index in [2.05, 4.69) is 5.32 Å². The summed E-state index contributed by atoms with van der Waals surface area (Å²) in [5, 5.41) is 3.00. The van der Waals surface area contributed by atoms with Gasteiger partial charge < -0.3 is 14.6 Å². The van der Waals surface area contributed by atoms with Gasteiger partial charge in [-0.25, -0.2) is 8.42 Å². The van der Waals surface area contributed by atoms with E-state index in [9.17, 15) is 18.0 Å². The molecule has 0 atom stereocenters. The zero-order valence-corrected chi connectivity index (χ0v) is 18.9. The minimum Gasteiger partial charge on any atom is -0.497 e. The number of rotatable bonds is 6. The molecule has 1 amide bonds. The fourth-order valence-electron chi connectivity index (χ4n) is 3.51. The molecule has 8 heteroatoms. The standard InChI is InChI=1S/C25H22N2O5S/c1-17-7-13-20(14-8-17)33(30,31)23-15-27(22-6-4-3-5-21(22)25(23)29)16-24(28)26-18-9-11-19(32-2)12-10-18/h3-15H,16H2,1-2H3,(H,26,28). The highest BCUT2D eigenvalue weighted by molar-refractivity contribution is 7.91. The fourth-order valence-corrected chi connectivity index (χ4v) is 4.88. The van der Waals surface area contributed by atoms with E-state index < -0.39 is 15.3 Å². The average Bonchev–Trinajstić information content (AvgIpc) is 2.81. The first-order valence-corrected chi connectivity index (χ1v) is 11.7. The van der Waals surface area contributed by atoms with E-state index in [0.29, 0.717) is 17.0 Å². The van der Waals surface area contributed by atoms with Gasteiger partial charge in [-0.15, -0.1) is 0 Å². The molecule has 4 rings (SSSR count). The molecule has 1 N–H and O–H groups in total. The van der Waals surface area contributed by atoms with Crippen molar-refractivity contribution in [3.8, 4) is 5.75 Å². The number of ether oxygens (including phenoxy) is 1. The molecule has 7 nitrogen and oxygen atoms in total. The molecule has 0 saturated heterocycles. The molecule has 0 radical (unpaired) electrons. The number of hydrogen-bond donors (Lipinski definition) is 1. The lowest BCUT2D eigenvalue weighted by Gasteiger charge is -2.14. The number of nitrogens with one attached hydrogen (secondary N) is 1. The third-order valence-electron chi connectivity index (χ3n) is 5.26. The van der Waals surface area contributed by atoms with Crippen LogP contribution >= 0.6 is 0 Å². The van der Waals surface area contributed by atoms with Crippen molar-refractivity contribution in [2.45, 2.75) is 23.3 Å². The minimum absolute atomic E-state index is 0.0229. The number of aromatic nitrogens is 1. The van der Waals surface area contributed by atoms with Crippen LogP contribution in [0.3, 0.4) is 0 Å². The molecule has 4 aromatic rings. The Labute approximate surface area is 191 Å². The second-order valence-electron chi connectivity index (χ2n) is 7.56.